The van der Waals surface area contributed by atoms with E-state index in [9.17, 15) is 9.59 Å². The van der Waals surface area contributed by atoms with Gasteiger partial charge in [0.05, 0.1) is 19.8 Å². The first-order chi connectivity index (χ1) is 14.6. The van der Waals surface area contributed by atoms with Gasteiger partial charge in [0.25, 0.3) is 0 Å². The number of carbonyl (C=O) groups excluding carboxylic acids is 2. The first kappa shape index (κ1) is 20.0. The van der Waals surface area contributed by atoms with E-state index >= 15 is 0 Å². The molecule has 1 aliphatic heterocycles. The van der Waals surface area contributed by atoms with Crippen LogP contribution in [0.4, 0.5) is 0 Å². The molecule has 0 bridgehead atoms. The van der Waals surface area contributed by atoms with Crippen molar-refractivity contribution in [3.05, 3.63) is 71.4 Å². The van der Waals surface area contributed by atoms with Crippen molar-refractivity contribution in [3.8, 4) is 5.75 Å². The predicted molar refractivity (Wildman–Crippen MR) is 111 cm³/mol. The number of hydrogen-bond donors (Lipinski definition) is 1. The van der Waals surface area contributed by atoms with Gasteiger partial charge in [-0.2, -0.15) is 4.79 Å². The number of aromatic nitrogens is 3. The second kappa shape index (κ2) is 8.58. The summed E-state index contributed by atoms with van der Waals surface area (Å²) in [6, 6.07) is 16.2. The lowest BCUT2D eigenvalue weighted by atomic mass is 9.97. The largest absolute Gasteiger partial charge is 0.497 e. The molecular weight excluding hydrogens is 404 g/mol. The summed E-state index contributed by atoms with van der Waals surface area (Å²) >= 11 is 1.25. The summed E-state index contributed by atoms with van der Waals surface area (Å²) in [5.74, 6) is 0.0947. The van der Waals surface area contributed by atoms with Crippen molar-refractivity contribution in [2.24, 2.45) is 0 Å². The number of methoxy groups -OCH3 is 1. The number of thioether (sulfide) groups is 1. The van der Waals surface area contributed by atoms with Crippen LogP contribution in [0.2, 0.25) is 0 Å². The van der Waals surface area contributed by atoms with Crippen LogP contribution in [0.1, 0.15) is 39.4 Å². The Morgan fingerprint density at radius 3 is 2.53 bits per heavy atom. The van der Waals surface area contributed by atoms with Crippen molar-refractivity contribution in [3.63, 3.8) is 0 Å². The van der Waals surface area contributed by atoms with Gasteiger partial charge in [-0.25, -0.2) is 4.79 Å². The molecule has 0 fully saturated rings. The Hall–Kier alpha value is -3.33. The van der Waals surface area contributed by atoms with Crippen LogP contribution in [0.3, 0.4) is 0 Å². The first-order valence-corrected chi connectivity index (χ1v) is 10.3. The van der Waals surface area contributed by atoms with Crippen LogP contribution in [0.25, 0.3) is 0 Å². The molecule has 4 rings (SSSR count). The van der Waals surface area contributed by atoms with Crippen molar-refractivity contribution in [1.82, 2.24) is 15.1 Å². The number of fused-ring (bicyclic) bond motifs is 1. The Bertz CT molecular complexity index is 1050. The fourth-order valence-electron chi connectivity index (χ4n) is 3.21. The highest BCUT2D eigenvalue weighted by molar-refractivity contribution is 8.00. The van der Waals surface area contributed by atoms with Crippen LogP contribution in [0.5, 0.6) is 5.75 Å². The number of rotatable bonds is 6. The van der Waals surface area contributed by atoms with E-state index in [1.807, 2.05) is 42.5 Å². The molecule has 1 N–H and O–H groups in total. The van der Waals surface area contributed by atoms with Gasteiger partial charge in [-0.15, -0.1) is 5.10 Å². The lowest BCUT2D eigenvalue weighted by Crippen LogP contribution is -2.39. The first-order valence-electron chi connectivity index (χ1n) is 9.41. The standard InChI is InChI=1S/C21H20N4O4S/c1-3-29-21(27)17-20-25(24-22-17)23-16(13-9-11-15(28-2)12-10-13)19(30-20)18(26)14-7-5-4-6-8-14/h4-12,16,19,23H,3H2,1-2H3/t16-,19+/m1/s1. The van der Waals surface area contributed by atoms with Gasteiger partial charge >= 0.3 is 5.97 Å². The Kier molecular flexibility index (Phi) is 5.71. The molecule has 0 saturated heterocycles. The zero-order chi connectivity index (χ0) is 21.1. The summed E-state index contributed by atoms with van der Waals surface area (Å²) in [5.41, 5.74) is 4.79. The Morgan fingerprint density at radius 2 is 1.87 bits per heavy atom. The molecule has 0 amide bonds. The van der Waals surface area contributed by atoms with Crippen molar-refractivity contribution < 1.29 is 19.1 Å². The second-order valence-electron chi connectivity index (χ2n) is 6.52. The number of hydrogen-bond acceptors (Lipinski definition) is 8. The van der Waals surface area contributed by atoms with Crippen LogP contribution in [-0.2, 0) is 4.74 Å². The maximum atomic E-state index is 13.4. The van der Waals surface area contributed by atoms with Gasteiger partial charge < -0.3 is 9.47 Å². The topological polar surface area (TPSA) is 95.3 Å². The zero-order valence-electron chi connectivity index (χ0n) is 16.4. The minimum Gasteiger partial charge on any atom is -0.497 e. The molecule has 0 saturated carbocycles. The van der Waals surface area contributed by atoms with Crippen molar-refractivity contribution >= 4 is 23.5 Å². The molecular formula is C21H20N4O4S. The molecule has 0 spiro atoms. The number of esters is 1. The van der Waals surface area contributed by atoms with Gasteiger partial charge in [0.15, 0.2) is 10.8 Å². The van der Waals surface area contributed by atoms with E-state index in [2.05, 4.69) is 15.7 Å². The minimum atomic E-state index is -0.568. The van der Waals surface area contributed by atoms with E-state index in [0.29, 0.717) is 10.6 Å². The predicted octanol–water partition coefficient (Wildman–Crippen LogP) is 3.11. The van der Waals surface area contributed by atoms with Crippen LogP contribution in [0.15, 0.2) is 59.6 Å². The van der Waals surface area contributed by atoms with Crippen molar-refractivity contribution in [2.75, 3.05) is 19.1 Å². The van der Waals surface area contributed by atoms with E-state index in [1.54, 1.807) is 26.2 Å². The number of ketones is 1. The van der Waals surface area contributed by atoms with Gasteiger partial charge in [-0.3, -0.25) is 10.2 Å². The SMILES string of the molecule is CCOC(=O)c1nnn2c1S[C@H](C(=O)c1ccccc1)[C@@H](c1ccc(OC)cc1)N2. The third kappa shape index (κ3) is 3.76. The van der Waals surface area contributed by atoms with Gasteiger partial charge in [0, 0.05) is 5.56 Å². The molecule has 9 heteroatoms. The average molecular weight is 424 g/mol. The molecule has 0 radical (unpaired) electrons. The Morgan fingerprint density at radius 1 is 1.13 bits per heavy atom. The van der Waals surface area contributed by atoms with Gasteiger partial charge in [-0.05, 0) is 29.8 Å². The molecule has 1 aliphatic rings. The Balaban J connectivity index is 1.74. The molecule has 2 heterocycles. The number of carbonyl (C=O) groups is 2. The highest BCUT2D eigenvalue weighted by Crippen LogP contribution is 2.40. The fourth-order valence-corrected chi connectivity index (χ4v) is 4.47. The molecule has 0 aliphatic carbocycles. The van der Waals surface area contributed by atoms with E-state index in [-0.39, 0.29) is 18.1 Å². The molecule has 30 heavy (non-hydrogen) atoms. The maximum Gasteiger partial charge on any atom is 0.361 e. The molecule has 1 aromatic heterocycles. The fraction of sp³-hybridized carbons (Fsp3) is 0.238. The van der Waals surface area contributed by atoms with Crippen LogP contribution in [-0.4, -0.2) is 45.8 Å². The smallest absolute Gasteiger partial charge is 0.361 e. The van der Waals surface area contributed by atoms with E-state index < -0.39 is 17.3 Å². The summed E-state index contributed by atoms with van der Waals surface area (Å²) < 4.78 is 10.3. The summed E-state index contributed by atoms with van der Waals surface area (Å²) in [5, 5.41) is 7.91. The highest BCUT2D eigenvalue weighted by Gasteiger charge is 2.39. The number of nitrogens with one attached hydrogen (secondary N) is 1. The Labute approximate surface area is 177 Å². The maximum absolute atomic E-state index is 13.4. The third-order valence-electron chi connectivity index (χ3n) is 4.69. The number of Topliss-reactive ketones (excluding diaryl/α,β-unsaturated/α-hetero) is 1. The number of ether oxygens (including phenoxy) is 2. The minimum absolute atomic E-state index is 0.0591. The average Bonchev–Trinajstić information content (AvgIpc) is 3.21. The molecule has 2 atom stereocenters. The second-order valence-corrected chi connectivity index (χ2v) is 7.65. The summed E-state index contributed by atoms with van der Waals surface area (Å²) in [6.07, 6.45) is 0. The lowest BCUT2D eigenvalue weighted by molar-refractivity contribution is 0.0514. The quantitative estimate of drug-likeness (QED) is 0.476. The number of benzene rings is 2. The van der Waals surface area contributed by atoms with Gasteiger partial charge in [0.2, 0.25) is 5.69 Å². The highest BCUT2D eigenvalue weighted by atomic mass is 32.2. The monoisotopic (exact) mass is 424 g/mol. The van der Waals surface area contributed by atoms with E-state index in [1.165, 1.54) is 16.6 Å². The van der Waals surface area contributed by atoms with E-state index in [0.717, 1.165) is 11.3 Å². The molecule has 0 unspecified atom stereocenters. The molecule has 2 aromatic carbocycles. The summed E-state index contributed by atoms with van der Waals surface area (Å²) in [6.45, 7) is 1.95. The van der Waals surface area contributed by atoms with Crippen molar-refractivity contribution in [2.45, 2.75) is 23.2 Å². The van der Waals surface area contributed by atoms with Crippen LogP contribution < -0.4 is 10.2 Å². The van der Waals surface area contributed by atoms with Crippen LogP contribution in [0, 0.1) is 0 Å². The van der Waals surface area contributed by atoms with Gasteiger partial charge in [0.1, 0.15) is 11.0 Å². The van der Waals surface area contributed by atoms with E-state index in [4.69, 9.17) is 9.47 Å². The molecule has 3 aromatic rings. The third-order valence-corrected chi connectivity index (χ3v) is 6.02. The van der Waals surface area contributed by atoms with Crippen LogP contribution >= 0.6 is 11.8 Å². The summed E-state index contributed by atoms with van der Waals surface area (Å²) in [7, 11) is 1.60. The van der Waals surface area contributed by atoms with Crippen molar-refractivity contribution in [1.29, 1.82) is 0 Å². The summed E-state index contributed by atoms with van der Waals surface area (Å²) in [4.78, 5) is 27.1. The normalized spacial score (nSPS) is 17.5. The zero-order valence-corrected chi connectivity index (χ0v) is 17.3. The van der Waals surface area contributed by atoms with Gasteiger partial charge in [-0.1, -0.05) is 54.2 Å². The molecule has 154 valence electrons. The lowest BCUT2D eigenvalue weighted by Gasteiger charge is -2.32. The number of nitrogens with zero attached hydrogens (tertiary/aromatic N) is 3. The molecule has 8 nitrogen and oxygen atoms in total.